The lowest BCUT2D eigenvalue weighted by Crippen LogP contribution is -2.52. The lowest BCUT2D eigenvalue weighted by molar-refractivity contribution is 0.0827. The Balaban J connectivity index is 1.78. The van der Waals surface area contributed by atoms with Gasteiger partial charge in [-0.2, -0.15) is 0 Å². The second-order valence-corrected chi connectivity index (χ2v) is 5.02. The molecule has 2 aliphatic rings. The molecule has 0 aliphatic carbocycles. The normalized spacial score (nSPS) is 27.8. The first-order valence-corrected chi connectivity index (χ1v) is 5.91. The van der Waals surface area contributed by atoms with Crippen LogP contribution in [0.2, 0.25) is 0 Å². The maximum absolute atomic E-state index is 9.14. The topological polar surface area (TPSA) is 59.8 Å². The number of aromatic nitrogens is 1. The molecule has 2 fully saturated rings. The first-order chi connectivity index (χ1) is 8.15. The average molecular weight is 233 g/mol. The van der Waals surface area contributed by atoms with Crippen molar-refractivity contribution < 1.29 is 10.0 Å². The summed E-state index contributed by atoms with van der Waals surface area (Å²) in [6.45, 7) is 3.21. The highest BCUT2D eigenvalue weighted by Crippen LogP contribution is 2.32. The van der Waals surface area contributed by atoms with Crippen LogP contribution in [-0.2, 0) is 0 Å². The number of anilines is 1. The van der Waals surface area contributed by atoms with Crippen LogP contribution in [-0.4, -0.2) is 59.8 Å². The fraction of sp³-hybridized carbons (Fsp3) is 0.545. The van der Waals surface area contributed by atoms with Gasteiger partial charge in [0, 0.05) is 43.3 Å². The van der Waals surface area contributed by atoms with Gasteiger partial charge in [0.2, 0.25) is 0 Å². The molecule has 2 N–H and O–H groups in total. The van der Waals surface area contributed by atoms with Crippen molar-refractivity contribution in [2.45, 2.75) is 6.04 Å². The van der Waals surface area contributed by atoms with Crippen molar-refractivity contribution in [3.05, 3.63) is 18.5 Å². The van der Waals surface area contributed by atoms with Crippen molar-refractivity contribution in [3.8, 4) is 0 Å². The van der Waals surface area contributed by atoms with Crippen LogP contribution in [0, 0.1) is 5.92 Å². The molecular weight excluding hydrogens is 217 g/mol. The van der Waals surface area contributed by atoms with Gasteiger partial charge in [-0.15, -0.1) is 0 Å². The van der Waals surface area contributed by atoms with Crippen LogP contribution in [0.25, 0.3) is 0 Å². The number of pyridine rings is 1. The molecule has 0 saturated carbocycles. The largest absolute Gasteiger partial charge is 0.490 e. The number of likely N-dealkylation sites (tertiary alicyclic amines) is 1. The molecule has 0 amide bonds. The van der Waals surface area contributed by atoms with E-state index in [0.717, 1.165) is 31.2 Å². The third kappa shape index (κ3) is 1.82. The third-order valence-corrected chi connectivity index (χ3v) is 3.90. The Labute approximate surface area is 101 Å². The lowest BCUT2D eigenvalue weighted by Gasteiger charge is -2.40. The zero-order valence-corrected chi connectivity index (χ0v) is 9.82. The highest BCUT2D eigenvalue weighted by molar-refractivity contribution is 6.58. The minimum Gasteiger partial charge on any atom is -0.423 e. The van der Waals surface area contributed by atoms with E-state index in [1.807, 2.05) is 6.07 Å². The van der Waals surface area contributed by atoms with Gasteiger partial charge in [0.15, 0.2) is 0 Å². The van der Waals surface area contributed by atoms with Crippen LogP contribution in [0.3, 0.4) is 0 Å². The first-order valence-electron chi connectivity index (χ1n) is 5.91. The van der Waals surface area contributed by atoms with E-state index in [2.05, 4.69) is 21.8 Å². The second kappa shape index (κ2) is 3.98. The molecule has 0 unspecified atom stereocenters. The minimum atomic E-state index is -1.44. The van der Waals surface area contributed by atoms with Crippen molar-refractivity contribution in [3.63, 3.8) is 0 Å². The smallest absolute Gasteiger partial charge is 0.423 e. The van der Waals surface area contributed by atoms with E-state index < -0.39 is 7.12 Å². The Morgan fingerprint density at radius 3 is 2.76 bits per heavy atom. The Kier molecular flexibility index (Phi) is 2.58. The number of hydrogen-bond donors (Lipinski definition) is 2. The summed E-state index contributed by atoms with van der Waals surface area (Å²) in [5.41, 5.74) is 1.44. The molecule has 2 atom stereocenters. The monoisotopic (exact) mass is 233 g/mol. The predicted molar refractivity (Wildman–Crippen MR) is 66.2 cm³/mol. The van der Waals surface area contributed by atoms with Crippen LogP contribution in [0.4, 0.5) is 5.69 Å². The highest BCUT2D eigenvalue weighted by Gasteiger charge is 2.43. The SMILES string of the molecule is CN1C[C@@H]2CN(c3cncc(B(O)O)c3)C[C@H]21. The van der Waals surface area contributed by atoms with Gasteiger partial charge >= 0.3 is 7.12 Å². The van der Waals surface area contributed by atoms with Crippen LogP contribution in [0.5, 0.6) is 0 Å². The molecule has 3 rings (SSSR count). The van der Waals surface area contributed by atoms with E-state index in [0.29, 0.717) is 11.5 Å². The lowest BCUT2D eigenvalue weighted by atomic mass is 9.81. The van der Waals surface area contributed by atoms with Gasteiger partial charge in [-0.05, 0) is 13.1 Å². The fourth-order valence-electron chi connectivity index (χ4n) is 2.87. The molecule has 1 aromatic heterocycles. The summed E-state index contributed by atoms with van der Waals surface area (Å²) < 4.78 is 0. The number of fused-ring (bicyclic) bond motifs is 1. The highest BCUT2D eigenvalue weighted by atomic mass is 16.4. The van der Waals surface area contributed by atoms with Gasteiger partial charge in [-0.1, -0.05) is 0 Å². The number of hydrogen-bond acceptors (Lipinski definition) is 5. The molecule has 0 spiro atoms. The van der Waals surface area contributed by atoms with Crippen molar-refractivity contribution >= 4 is 18.3 Å². The van der Waals surface area contributed by atoms with Gasteiger partial charge in [0.25, 0.3) is 0 Å². The standard InChI is InChI=1S/C11H16BN3O2/c1-14-5-8-6-15(7-11(8)14)10-2-9(12(16)17)3-13-4-10/h2-4,8,11,16-17H,5-7H2,1H3/t8-,11-/m1/s1. The van der Waals surface area contributed by atoms with Crippen molar-refractivity contribution in [1.82, 2.24) is 9.88 Å². The zero-order chi connectivity index (χ0) is 12.0. The van der Waals surface area contributed by atoms with Crippen LogP contribution in [0.1, 0.15) is 0 Å². The summed E-state index contributed by atoms with van der Waals surface area (Å²) in [7, 11) is 0.709. The molecule has 0 aromatic carbocycles. The minimum absolute atomic E-state index is 0.454. The van der Waals surface area contributed by atoms with Crippen molar-refractivity contribution in [1.29, 1.82) is 0 Å². The molecule has 90 valence electrons. The van der Waals surface area contributed by atoms with E-state index in [-0.39, 0.29) is 0 Å². The Hall–Kier alpha value is -1.11. The van der Waals surface area contributed by atoms with Crippen LogP contribution in [0.15, 0.2) is 18.5 Å². The fourth-order valence-corrected chi connectivity index (χ4v) is 2.87. The molecule has 0 bridgehead atoms. The quantitative estimate of drug-likeness (QED) is 0.609. The maximum Gasteiger partial charge on any atom is 0.490 e. The van der Waals surface area contributed by atoms with Crippen LogP contribution < -0.4 is 10.4 Å². The van der Waals surface area contributed by atoms with Gasteiger partial charge in [0.1, 0.15) is 0 Å². The van der Waals surface area contributed by atoms with E-state index in [1.165, 1.54) is 6.20 Å². The predicted octanol–water partition coefficient (Wildman–Crippen LogP) is -1.49. The molecule has 5 nitrogen and oxygen atoms in total. The summed E-state index contributed by atoms with van der Waals surface area (Å²) in [5.74, 6) is 0.753. The van der Waals surface area contributed by atoms with Gasteiger partial charge in [0.05, 0.1) is 11.9 Å². The molecule has 2 aliphatic heterocycles. The molecule has 0 radical (unpaired) electrons. The molecule has 3 heterocycles. The van der Waals surface area contributed by atoms with E-state index >= 15 is 0 Å². The summed E-state index contributed by atoms with van der Waals surface area (Å²) in [4.78, 5) is 8.70. The molecule has 6 heteroatoms. The maximum atomic E-state index is 9.14. The molecule has 17 heavy (non-hydrogen) atoms. The van der Waals surface area contributed by atoms with Gasteiger partial charge in [-0.25, -0.2) is 0 Å². The van der Waals surface area contributed by atoms with Gasteiger partial charge < -0.3 is 19.8 Å². The Morgan fingerprint density at radius 2 is 2.12 bits per heavy atom. The van der Waals surface area contributed by atoms with Gasteiger partial charge in [-0.3, -0.25) is 4.98 Å². The Bertz CT molecular complexity index is 429. The van der Waals surface area contributed by atoms with E-state index in [1.54, 1.807) is 6.20 Å². The van der Waals surface area contributed by atoms with Crippen molar-refractivity contribution in [2.75, 3.05) is 31.6 Å². The number of likely N-dealkylation sites (N-methyl/N-ethyl adjacent to an activating group) is 1. The molecule has 1 aromatic rings. The summed E-state index contributed by atoms with van der Waals surface area (Å²) in [5, 5.41) is 18.3. The summed E-state index contributed by atoms with van der Waals surface area (Å²) >= 11 is 0. The number of rotatable bonds is 2. The van der Waals surface area contributed by atoms with Crippen LogP contribution >= 0.6 is 0 Å². The second-order valence-electron chi connectivity index (χ2n) is 5.02. The summed E-state index contributed by atoms with van der Waals surface area (Å²) in [6.07, 6.45) is 3.28. The molecular formula is C11H16BN3O2. The first kappa shape index (κ1) is 11.0. The summed E-state index contributed by atoms with van der Waals surface area (Å²) in [6, 6.07) is 2.46. The third-order valence-electron chi connectivity index (χ3n) is 3.90. The van der Waals surface area contributed by atoms with E-state index in [4.69, 9.17) is 10.0 Å². The molecule has 2 saturated heterocycles. The van der Waals surface area contributed by atoms with Crippen molar-refractivity contribution in [2.24, 2.45) is 5.92 Å². The van der Waals surface area contributed by atoms with E-state index in [9.17, 15) is 0 Å². The number of nitrogens with zero attached hydrogens (tertiary/aromatic N) is 3. The Morgan fingerprint density at radius 1 is 1.29 bits per heavy atom. The zero-order valence-electron chi connectivity index (χ0n) is 9.82. The average Bonchev–Trinajstić information content (AvgIpc) is 2.67.